The highest BCUT2D eigenvalue weighted by Crippen LogP contribution is 2.40. The van der Waals surface area contributed by atoms with Crippen molar-refractivity contribution in [2.24, 2.45) is 0 Å². The van der Waals surface area contributed by atoms with Gasteiger partial charge in [0.2, 0.25) is 5.09 Å². The largest absolute Gasteiger partial charge is 0.493 e. The van der Waals surface area contributed by atoms with Crippen LogP contribution in [0.3, 0.4) is 0 Å². The molecule has 0 spiro atoms. The Morgan fingerprint density at radius 3 is 2.68 bits per heavy atom. The number of hydrogen-bond donors (Lipinski definition) is 3. The number of fused-ring (bicyclic) bond motifs is 2. The lowest BCUT2D eigenvalue weighted by Gasteiger charge is -2.15. The van der Waals surface area contributed by atoms with E-state index in [4.69, 9.17) is 9.15 Å². The zero-order valence-corrected chi connectivity index (χ0v) is 16.5. The second-order valence-corrected chi connectivity index (χ2v) is 9.20. The van der Waals surface area contributed by atoms with E-state index in [2.05, 4.69) is 5.32 Å². The zero-order chi connectivity index (χ0) is 20.1. The Balaban J connectivity index is 1.56. The fourth-order valence-corrected chi connectivity index (χ4v) is 4.50. The highest BCUT2D eigenvalue weighted by molar-refractivity contribution is 7.89. The van der Waals surface area contributed by atoms with Crippen LogP contribution in [0, 0.1) is 0 Å². The van der Waals surface area contributed by atoms with Crippen molar-refractivity contribution >= 4 is 21.7 Å². The summed E-state index contributed by atoms with van der Waals surface area (Å²) >= 11 is 0. The number of aryl methyl sites for hydroxylation is 1. The number of benzene rings is 1. The molecule has 3 N–H and O–H groups in total. The molecule has 0 saturated heterocycles. The first-order valence-corrected chi connectivity index (χ1v) is 10.6. The third-order valence-corrected chi connectivity index (χ3v) is 6.29. The fraction of sp³-hybridized carbons (Fsp3) is 0.421. The minimum atomic E-state index is -4.22. The molecule has 0 atom stereocenters. The second kappa shape index (κ2) is 6.52. The number of anilines is 1. The highest BCUT2D eigenvalue weighted by Gasteiger charge is 2.29. The molecule has 0 fully saturated rings. The van der Waals surface area contributed by atoms with Crippen LogP contribution in [0.4, 0.5) is 10.5 Å². The summed E-state index contributed by atoms with van der Waals surface area (Å²) in [5, 5.41) is 12.2. The molecule has 1 aliphatic heterocycles. The first-order chi connectivity index (χ1) is 13.1. The molecule has 2 aromatic rings. The van der Waals surface area contributed by atoms with E-state index in [0.717, 1.165) is 48.0 Å². The molecule has 0 unspecified atom stereocenters. The second-order valence-electron chi connectivity index (χ2n) is 7.59. The maximum Gasteiger partial charge on any atom is 0.333 e. The van der Waals surface area contributed by atoms with Crippen LogP contribution < -0.4 is 14.8 Å². The van der Waals surface area contributed by atoms with E-state index in [1.54, 1.807) is 0 Å². The summed E-state index contributed by atoms with van der Waals surface area (Å²) in [6, 6.07) is 2.35. The van der Waals surface area contributed by atoms with E-state index in [-0.39, 0.29) is 0 Å². The van der Waals surface area contributed by atoms with Crippen molar-refractivity contribution in [3.8, 4) is 5.75 Å². The van der Waals surface area contributed by atoms with E-state index >= 15 is 0 Å². The molecule has 1 aliphatic carbocycles. The molecule has 0 saturated carbocycles. The Morgan fingerprint density at radius 2 is 1.96 bits per heavy atom. The molecule has 2 heterocycles. The van der Waals surface area contributed by atoms with Gasteiger partial charge in [-0.3, -0.25) is 0 Å². The van der Waals surface area contributed by atoms with Gasteiger partial charge in [-0.05, 0) is 50.3 Å². The minimum absolute atomic E-state index is 0.295. The topological polar surface area (TPSA) is 118 Å². The Morgan fingerprint density at radius 1 is 1.18 bits per heavy atom. The Hall–Kier alpha value is -2.52. The lowest BCUT2D eigenvalue weighted by atomic mass is 10.0. The van der Waals surface area contributed by atoms with E-state index in [1.807, 2.05) is 10.8 Å². The first kappa shape index (κ1) is 18.8. The molecular formula is C19H22N2O6S. The number of amides is 2. The van der Waals surface area contributed by atoms with E-state index in [1.165, 1.54) is 19.9 Å². The van der Waals surface area contributed by atoms with Crippen LogP contribution in [0.2, 0.25) is 0 Å². The predicted molar refractivity (Wildman–Crippen MR) is 101 cm³/mol. The van der Waals surface area contributed by atoms with Crippen molar-refractivity contribution in [3.63, 3.8) is 0 Å². The van der Waals surface area contributed by atoms with Crippen LogP contribution in [0.5, 0.6) is 5.75 Å². The summed E-state index contributed by atoms with van der Waals surface area (Å²) < 4.78 is 37.6. The Kier molecular flexibility index (Phi) is 4.39. The normalized spacial score (nSPS) is 15.7. The van der Waals surface area contributed by atoms with Crippen molar-refractivity contribution in [1.29, 1.82) is 0 Å². The van der Waals surface area contributed by atoms with Crippen molar-refractivity contribution in [2.45, 2.75) is 50.2 Å². The molecular weight excluding hydrogens is 384 g/mol. The van der Waals surface area contributed by atoms with Gasteiger partial charge in [-0.15, -0.1) is 0 Å². The number of hydrogen-bond acceptors (Lipinski definition) is 6. The lowest BCUT2D eigenvalue weighted by molar-refractivity contribution is 0.0779. The van der Waals surface area contributed by atoms with Crippen LogP contribution in [0.1, 0.15) is 42.5 Å². The zero-order valence-electron chi connectivity index (χ0n) is 15.7. The molecule has 1 aromatic heterocycles. The van der Waals surface area contributed by atoms with Gasteiger partial charge in [0.15, 0.2) is 0 Å². The number of rotatable bonds is 4. The number of carbonyl (C=O) groups excluding carboxylic acids is 1. The maximum absolute atomic E-state index is 12.5. The van der Waals surface area contributed by atoms with Gasteiger partial charge < -0.3 is 19.6 Å². The van der Waals surface area contributed by atoms with Gasteiger partial charge >= 0.3 is 6.03 Å². The molecule has 2 aliphatic rings. The highest BCUT2D eigenvalue weighted by atomic mass is 32.2. The number of nitrogens with one attached hydrogen (secondary N) is 2. The van der Waals surface area contributed by atoms with Crippen molar-refractivity contribution < 1.29 is 27.5 Å². The van der Waals surface area contributed by atoms with Crippen LogP contribution in [0.25, 0.3) is 0 Å². The minimum Gasteiger partial charge on any atom is -0.493 e. The van der Waals surface area contributed by atoms with E-state index in [9.17, 15) is 18.3 Å². The van der Waals surface area contributed by atoms with Gasteiger partial charge in [0.25, 0.3) is 10.0 Å². The number of urea groups is 1. The summed E-state index contributed by atoms with van der Waals surface area (Å²) in [7, 11) is -4.22. The lowest BCUT2D eigenvalue weighted by Crippen LogP contribution is -2.34. The molecule has 1 aromatic carbocycles. The average Bonchev–Trinajstić information content (AvgIpc) is 3.33. The van der Waals surface area contributed by atoms with Crippen LogP contribution in [-0.2, 0) is 34.9 Å². The molecule has 2 amide bonds. The number of ether oxygens (including phenoxy) is 1. The van der Waals surface area contributed by atoms with Gasteiger partial charge in [-0.1, -0.05) is 0 Å². The molecule has 0 radical (unpaired) electrons. The number of furan rings is 1. The summed E-state index contributed by atoms with van der Waals surface area (Å²) in [5.74, 6) is 0.750. The van der Waals surface area contributed by atoms with Crippen molar-refractivity contribution in [2.75, 3.05) is 11.9 Å². The van der Waals surface area contributed by atoms with Crippen molar-refractivity contribution in [1.82, 2.24) is 4.72 Å². The smallest absolute Gasteiger partial charge is 0.333 e. The third kappa shape index (κ3) is 3.35. The number of sulfonamides is 1. The first-order valence-electron chi connectivity index (χ1n) is 9.11. The molecule has 150 valence electrons. The summed E-state index contributed by atoms with van der Waals surface area (Å²) in [6.07, 6.45) is 4.54. The molecule has 9 heteroatoms. The Bertz CT molecular complexity index is 1020. The average molecular weight is 406 g/mol. The van der Waals surface area contributed by atoms with Gasteiger partial charge in [0.05, 0.1) is 24.2 Å². The monoisotopic (exact) mass is 406 g/mol. The molecule has 8 nitrogen and oxygen atoms in total. The third-order valence-electron chi connectivity index (χ3n) is 5.09. The standard InChI is InChI=1S/C19H22N2O6S/c1-19(2,23)12-9-16(27-10-12)28(24,25)21-18(22)20-17-13-5-3-4-11(13)8-15-14(17)6-7-26-15/h8-10,23H,3-7H2,1-2H3,(H2,20,21,22). The summed E-state index contributed by atoms with van der Waals surface area (Å²) in [5.41, 5.74) is 2.75. The fourth-order valence-electron chi connectivity index (χ4n) is 3.64. The van der Waals surface area contributed by atoms with Crippen molar-refractivity contribution in [3.05, 3.63) is 40.6 Å². The van der Waals surface area contributed by atoms with Gasteiger partial charge in [-0.2, -0.15) is 8.42 Å². The maximum atomic E-state index is 12.5. The molecule has 4 rings (SSSR count). The number of carbonyl (C=O) groups is 1. The van der Waals surface area contributed by atoms with Gasteiger partial charge in [0.1, 0.15) is 5.75 Å². The Labute approximate surface area is 162 Å². The quantitative estimate of drug-likeness (QED) is 0.718. The summed E-state index contributed by atoms with van der Waals surface area (Å²) in [6.45, 7) is 3.55. The van der Waals surface area contributed by atoms with E-state index < -0.39 is 26.7 Å². The SMILES string of the molecule is CC(C)(O)c1coc(S(=O)(=O)NC(=O)Nc2c3c(cc4c2CCO4)CCC3)c1. The van der Waals surface area contributed by atoms with Crippen LogP contribution in [0.15, 0.2) is 27.9 Å². The summed E-state index contributed by atoms with van der Waals surface area (Å²) in [4.78, 5) is 12.5. The molecule has 0 bridgehead atoms. The van der Waals surface area contributed by atoms with Crippen LogP contribution in [-0.4, -0.2) is 26.2 Å². The van der Waals surface area contributed by atoms with Gasteiger partial charge in [-0.25, -0.2) is 9.52 Å². The van der Waals surface area contributed by atoms with E-state index in [0.29, 0.717) is 24.3 Å². The number of aliphatic hydroxyl groups is 1. The molecule has 28 heavy (non-hydrogen) atoms. The van der Waals surface area contributed by atoms with Crippen LogP contribution >= 0.6 is 0 Å². The predicted octanol–water partition coefficient (Wildman–Crippen LogP) is 2.44. The van der Waals surface area contributed by atoms with Gasteiger partial charge in [0, 0.05) is 23.6 Å².